The van der Waals surface area contributed by atoms with Crippen LogP contribution in [0.1, 0.15) is 30.2 Å². The van der Waals surface area contributed by atoms with Gasteiger partial charge < -0.3 is 4.90 Å². The SMILES string of the molecule is CC(C)n1nnc2c1-c1ccccc1N(C)C(=O)c1ccccc1-2. The molecule has 0 saturated carbocycles. The maximum atomic E-state index is 13.0. The van der Waals surface area contributed by atoms with Gasteiger partial charge in [0, 0.05) is 29.8 Å². The van der Waals surface area contributed by atoms with Gasteiger partial charge in [-0.3, -0.25) is 4.79 Å². The first-order chi connectivity index (χ1) is 11.6. The summed E-state index contributed by atoms with van der Waals surface area (Å²) < 4.78 is 1.93. The smallest absolute Gasteiger partial charge is 0.258 e. The van der Waals surface area contributed by atoms with Gasteiger partial charge in [-0.05, 0) is 26.0 Å². The molecule has 0 aliphatic carbocycles. The van der Waals surface area contributed by atoms with Crippen LogP contribution in [0.3, 0.4) is 0 Å². The van der Waals surface area contributed by atoms with Crippen molar-refractivity contribution in [3.63, 3.8) is 0 Å². The number of hydrogen-bond acceptors (Lipinski definition) is 3. The zero-order valence-electron chi connectivity index (χ0n) is 13.9. The van der Waals surface area contributed by atoms with Crippen LogP contribution in [0.4, 0.5) is 5.69 Å². The fraction of sp³-hybridized carbons (Fsp3) is 0.211. The first-order valence-corrected chi connectivity index (χ1v) is 8.01. The van der Waals surface area contributed by atoms with Crippen LogP contribution in [0, 0.1) is 0 Å². The summed E-state index contributed by atoms with van der Waals surface area (Å²) in [5.74, 6) is -0.0391. The average molecular weight is 318 g/mol. The first kappa shape index (κ1) is 14.6. The summed E-state index contributed by atoms with van der Waals surface area (Å²) >= 11 is 0. The Morgan fingerprint density at radius 2 is 1.54 bits per heavy atom. The molecule has 2 aromatic carbocycles. The molecule has 120 valence electrons. The average Bonchev–Trinajstić information content (AvgIpc) is 3.04. The number of hydrogen-bond donors (Lipinski definition) is 0. The minimum absolute atomic E-state index is 0.0391. The van der Waals surface area contributed by atoms with E-state index >= 15 is 0 Å². The highest BCUT2D eigenvalue weighted by Gasteiger charge is 2.29. The third-order valence-electron chi connectivity index (χ3n) is 4.42. The number of carbonyl (C=O) groups is 1. The summed E-state index contributed by atoms with van der Waals surface area (Å²) in [5, 5.41) is 8.79. The van der Waals surface area contributed by atoms with E-state index in [-0.39, 0.29) is 11.9 Å². The molecule has 5 nitrogen and oxygen atoms in total. The highest BCUT2D eigenvalue weighted by molar-refractivity contribution is 6.13. The maximum Gasteiger partial charge on any atom is 0.258 e. The van der Waals surface area contributed by atoms with Crippen molar-refractivity contribution in [2.24, 2.45) is 0 Å². The van der Waals surface area contributed by atoms with Crippen molar-refractivity contribution in [2.45, 2.75) is 19.9 Å². The fourth-order valence-electron chi connectivity index (χ4n) is 3.22. The van der Waals surface area contributed by atoms with Gasteiger partial charge in [0.1, 0.15) is 5.69 Å². The van der Waals surface area contributed by atoms with E-state index in [2.05, 4.69) is 24.2 Å². The van der Waals surface area contributed by atoms with Crippen LogP contribution in [0.25, 0.3) is 22.5 Å². The van der Waals surface area contributed by atoms with Crippen molar-refractivity contribution in [3.8, 4) is 22.5 Å². The monoisotopic (exact) mass is 318 g/mol. The van der Waals surface area contributed by atoms with Crippen molar-refractivity contribution in [1.82, 2.24) is 15.0 Å². The van der Waals surface area contributed by atoms with Crippen molar-refractivity contribution in [3.05, 3.63) is 54.1 Å². The lowest BCUT2D eigenvalue weighted by Crippen LogP contribution is -2.28. The van der Waals surface area contributed by atoms with E-state index < -0.39 is 0 Å². The molecule has 1 amide bonds. The highest BCUT2D eigenvalue weighted by atomic mass is 16.2. The third kappa shape index (κ3) is 1.98. The summed E-state index contributed by atoms with van der Waals surface area (Å²) in [7, 11) is 1.81. The van der Waals surface area contributed by atoms with Crippen LogP contribution in [0.5, 0.6) is 0 Å². The number of fused-ring (bicyclic) bond motifs is 5. The second-order valence-corrected chi connectivity index (χ2v) is 6.25. The minimum atomic E-state index is -0.0391. The summed E-state index contributed by atoms with van der Waals surface area (Å²) in [6.07, 6.45) is 0. The number of nitrogens with zero attached hydrogens (tertiary/aromatic N) is 4. The first-order valence-electron chi connectivity index (χ1n) is 8.01. The normalized spacial score (nSPS) is 13.2. The number of para-hydroxylation sites is 1. The molecule has 1 aliphatic heterocycles. The zero-order chi connectivity index (χ0) is 16.8. The topological polar surface area (TPSA) is 51.0 Å². The highest BCUT2D eigenvalue weighted by Crippen LogP contribution is 2.41. The summed E-state index contributed by atoms with van der Waals surface area (Å²) in [6, 6.07) is 15.7. The Labute approximate surface area is 140 Å². The van der Waals surface area contributed by atoms with Crippen LogP contribution in [-0.2, 0) is 0 Å². The number of anilines is 1. The molecule has 24 heavy (non-hydrogen) atoms. The zero-order valence-corrected chi connectivity index (χ0v) is 13.9. The molecule has 2 heterocycles. The lowest BCUT2D eigenvalue weighted by Gasteiger charge is -2.25. The summed E-state index contributed by atoms with van der Waals surface area (Å²) in [5.41, 5.74) is 5.01. The predicted octanol–water partition coefficient (Wildman–Crippen LogP) is 3.78. The Kier molecular flexibility index (Phi) is 3.23. The van der Waals surface area contributed by atoms with Crippen LogP contribution < -0.4 is 4.90 Å². The molecule has 5 heteroatoms. The van der Waals surface area contributed by atoms with Crippen LogP contribution in [-0.4, -0.2) is 27.9 Å². The van der Waals surface area contributed by atoms with Gasteiger partial charge in [0.25, 0.3) is 5.91 Å². The molecule has 0 fully saturated rings. The van der Waals surface area contributed by atoms with Gasteiger partial charge in [0.15, 0.2) is 0 Å². The minimum Gasteiger partial charge on any atom is -0.311 e. The molecule has 0 unspecified atom stereocenters. The van der Waals surface area contributed by atoms with Crippen molar-refractivity contribution in [1.29, 1.82) is 0 Å². The van der Waals surface area contributed by atoms with Crippen LogP contribution in [0.15, 0.2) is 48.5 Å². The van der Waals surface area contributed by atoms with Gasteiger partial charge in [0.2, 0.25) is 0 Å². The fourth-order valence-corrected chi connectivity index (χ4v) is 3.22. The van der Waals surface area contributed by atoms with Gasteiger partial charge in [-0.1, -0.05) is 41.6 Å². The van der Waals surface area contributed by atoms with E-state index in [9.17, 15) is 4.79 Å². The molecule has 1 aliphatic rings. The number of benzene rings is 2. The van der Waals surface area contributed by atoms with E-state index in [0.29, 0.717) is 5.56 Å². The molecule has 0 spiro atoms. The lowest BCUT2D eigenvalue weighted by molar-refractivity contribution is 0.0993. The lowest BCUT2D eigenvalue weighted by atomic mass is 9.95. The van der Waals surface area contributed by atoms with Crippen molar-refractivity contribution in [2.75, 3.05) is 11.9 Å². The molecular weight excluding hydrogens is 300 g/mol. The van der Waals surface area contributed by atoms with E-state index in [1.165, 1.54) is 0 Å². The van der Waals surface area contributed by atoms with Crippen molar-refractivity contribution >= 4 is 11.6 Å². The van der Waals surface area contributed by atoms with Gasteiger partial charge in [-0.2, -0.15) is 0 Å². The standard InChI is InChI=1S/C19H18N4O/c1-12(2)23-18-15-10-6-7-11-16(15)22(3)19(24)14-9-5-4-8-13(14)17(18)20-21-23/h4-12H,1-3H3. The predicted molar refractivity (Wildman–Crippen MR) is 94.0 cm³/mol. The van der Waals surface area contributed by atoms with Crippen LogP contribution in [0.2, 0.25) is 0 Å². The van der Waals surface area contributed by atoms with E-state index in [1.807, 2.05) is 60.3 Å². The Morgan fingerprint density at radius 1 is 0.917 bits per heavy atom. The third-order valence-corrected chi connectivity index (χ3v) is 4.42. The molecule has 0 bridgehead atoms. The van der Waals surface area contributed by atoms with E-state index in [4.69, 9.17) is 0 Å². The molecule has 1 aromatic heterocycles. The summed E-state index contributed by atoms with van der Waals surface area (Å²) in [6.45, 7) is 4.16. The van der Waals surface area contributed by atoms with Gasteiger partial charge in [-0.25, -0.2) is 4.68 Å². The largest absolute Gasteiger partial charge is 0.311 e. The second-order valence-electron chi connectivity index (χ2n) is 6.25. The molecule has 0 radical (unpaired) electrons. The van der Waals surface area contributed by atoms with Crippen LogP contribution >= 0.6 is 0 Å². The molecular formula is C19H18N4O. The Morgan fingerprint density at radius 3 is 2.25 bits per heavy atom. The summed E-state index contributed by atoms with van der Waals surface area (Å²) in [4.78, 5) is 14.7. The van der Waals surface area contributed by atoms with Gasteiger partial charge in [-0.15, -0.1) is 5.10 Å². The van der Waals surface area contributed by atoms with Crippen molar-refractivity contribution < 1.29 is 4.79 Å². The van der Waals surface area contributed by atoms with Gasteiger partial charge >= 0.3 is 0 Å². The molecule has 4 rings (SSSR count). The number of rotatable bonds is 1. The number of amides is 1. The molecule has 3 aromatic rings. The number of aromatic nitrogens is 3. The molecule has 0 atom stereocenters. The van der Waals surface area contributed by atoms with E-state index in [1.54, 1.807) is 4.90 Å². The Bertz CT molecular complexity index is 942. The Hall–Kier alpha value is -2.95. The quantitative estimate of drug-likeness (QED) is 0.686. The second kappa shape index (κ2) is 5.30. The molecule has 0 N–H and O–H groups in total. The molecule has 0 saturated heterocycles. The number of carbonyl (C=O) groups excluding carboxylic acids is 1. The van der Waals surface area contributed by atoms with E-state index in [0.717, 1.165) is 28.2 Å². The maximum absolute atomic E-state index is 13.0. The Balaban J connectivity index is 2.15. The van der Waals surface area contributed by atoms with Gasteiger partial charge in [0.05, 0.1) is 11.4 Å².